The summed E-state index contributed by atoms with van der Waals surface area (Å²) in [4.78, 5) is 38.2. The number of aliphatic hydroxyl groups is 1. The van der Waals surface area contributed by atoms with Crippen LogP contribution in [-0.2, 0) is 27.2 Å². The van der Waals surface area contributed by atoms with Crippen LogP contribution >= 0.6 is 0 Å². The van der Waals surface area contributed by atoms with Crippen LogP contribution in [0.15, 0.2) is 60.7 Å². The number of carbonyl (C=O) groups excluding carboxylic acids is 3. The Balaban J connectivity index is 2.37. The molecule has 0 radical (unpaired) electrons. The standard InChI is InChI=1S/C31H45N3O5/c1-30(2,3)28(33-20-26(32)36)27(37)23(17-21-13-9-7-10-14-21)19-25(35)24(18-22-15-11-8-12-16-22)34-29(38)39-31(4,5)6/h7-16,23-25,28,33,35H,17-20H2,1-6H3,(H2,32,36)(H,34,38)/t23?,24?,25?,28-/m1/s1. The zero-order chi connectivity index (χ0) is 29.2. The number of Topliss-reactive ketones (excluding diaryl/α,β-unsaturated/α-hetero) is 1. The van der Waals surface area contributed by atoms with E-state index < -0.39 is 47.1 Å². The minimum atomic E-state index is -1.05. The number of benzene rings is 2. The molecule has 0 heterocycles. The van der Waals surface area contributed by atoms with Gasteiger partial charge in [0.05, 0.1) is 24.7 Å². The van der Waals surface area contributed by atoms with E-state index in [1.807, 2.05) is 81.4 Å². The van der Waals surface area contributed by atoms with E-state index in [-0.39, 0.29) is 18.7 Å². The van der Waals surface area contributed by atoms with Gasteiger partial charge in [-0.2, -0.15) is 0 Å². The van der Waals surface area contributed by atoms with Crippen LogP contribution < -0.4 is 16.4 Å². The zero-order valence-electron chi connectivity index (χ0n) is 24.1. The van der Waals surface area contributed by atoms with E-state index in [4.69, 9.17) is 10.5 Å². The molecular formula is C31H45N3O5. The molecule has 0 saturated heterocycles. The second-order valence-electron chi connectivity index (χ2n) is 12.2. The second kappa shape index (κ2) is 14.2. The van der Waals surface area contributed by atoms with Gasteiger partial charge in [0, 0.05) is 5.92 Å². The molecular weight excluding hydrogens is 494 g/mol. The van der Waals surface area contributed by atoms with E-state index in [0.717, 1.165) is 11.1 Å². The Hall–Kier alpha value is -3.23. The number of aliphatic hydroxyl groups excluding tert-OH is 1. The number of hydrogen-bond donors (Lipinski definition) is 4. The van der Waals surface area contributed by atoms with Gasteiger partial charge in [0.25, 0.3) is 0 Å². The third-order valence-electron chi connectivity index (χ3n) is 6.35. The summed E-state index contributed by atoms with van der Waals surface area (Å²) in [5.41, 5.74) is 6.03. The minimum absolute atomic E-state index is 0.103. The van der Waals surface area contributed by atoms with Crippen LogP contribution in [0.1, 0.15) is 59.1 Å². The van der Waals surface area contributed by atoms with Crippen LogP contribution in [0.2, 0.25) is 0 Å². The molecule has 2 amide bonds. The third-order valence-corrected chi connectivity index (χ3v) is 6.35. The number of amides is 2. The topological polar surface area (TPSA) is 131 Å². The quantitative estimate of drug-likeness (QED) is 0.306. The van der Waals surface area contributed by atoms with Crippen molar-refractivity contribution in [2.75, 3.05) is 6.54 Å². The lowest BCUT2D eigenvalue weighted by Gasteiger charge is -2.34. The Labute approximate surface area is 232 Å². The first-order valence-corrected chi connectivity index (χ1v) is 13.5. The summed E-state index contributed by atoms with van der Waals surface area (Å²) >= 11 is 0. The number of carbonyl (C=O) groups is 3. The van der Waals surface area contributed by atoms with Crippen LogP contribution in [0.4, 0.5) is 4.79 Å². The van der Waals surface area contributed by atoms with Gasteiger partial charge >= 0.3 is 6.09 Å². The molecule has 0 aromatic heterocycles. The Morgan fingerprint density at radius 2 is 1.38 bits per heavy atom. The number of primary amides is 1. The Kier molecular flexibility index (Phi) is 11.7. The largest absolute Gasteiger partial charge is 0.444 e. The molecule has 8 heteroatoms. The molecule has 2 aromatic carbocycles. The molecule has 5 N–H and O–H groups in total. The van der Waals surface area contributed by atoms with Crippen molar-refractivity contribution in [3.8, 4) is 0 Å². The number of nitrogens with two attached hydrogens (primary N) is 1. The van der Waals surface area contributed by atoms with Gasteiger partial charge in [-0.1, -0.05) is 81.4 Å². The maximum Gasteiger partial charge on any atom is 0.407 e. The Bertz CT molecular complexity index is 1060. The van der Waals surface area contributed by atoms with Crippen molar-refractivity contribution in [2.45, 2.75) is 84.6 Å². The molecule has 0 fully saturated rings. The summed E-state index contributed by atoms with van der Waals surface area (Å²) in [5, 5.41) is 17.4. The smallest absolute Gasteiger partial charge is 0.407 e. The van der Waals surface area contributed by atoms with Gasteiger partial charge in [0.1, 0.15) is 5.60 Å². The van der Waals surface area contributed by atoms with Crippen LogP contribution in [0.3, 0.4) is 0 Å². The Morgan fingerprint density at radius 1 is 0.872 bits per heavy atom. The molecule has 0 aliphatic rings. The van der Waals surface area contributed by atoms with E-state index in [0.29, 0.717) is 12.8 Å². The van der Waals surface area contributed by atoms with Crippen molar-refractivity contribution < 1.29 is 24.2 Å². The van der Waals surface area contributed by atoms with Gasteiger partial charge < -0.3 is 20.9 Å². The SMILES string of the molecule is CC(C)(C)OC(=O)NC(Cc1ccccc1)C(O)CC(Cc1ccccc1)C(=O)[C@@H](NCC(N)=O)C(C)(C)C. The summed E-state index contributed by atoms with van der Waals surface area (Å²) < 4.78 is 5.46. The van der Waals surface area contributed by atoms with Crippen molar-refractivity contribution in [1.82, 2.24) is 10.6 Å². The number of ketones is 1. The lowest BCUT2D eigenvalue weighted by molar-refractivity contribution is -0.129. The first kappa shape index (κ1) is 32.0. The van der Waals surface area contributed by atoms with Gasteiger partial charge in [-0.3, -0.25) is 14.9 Å². The maximum absolute atomic E-state index is 14.0. The summed E-state index contributed by atoms with van der Waals surface area (Å²) in [6.45, 7) is 10.9. The van der Waals surface area contributed by atoms with E-state index in [9.17, 15) is 19.5 Å². The predicted octanol–water partition coefficient (Wildman–Crippen LogP) is 3.79. The van der Waals surface area contributed by atoms with Crippen molar-refractivity contribution >= 4 is 17.8 Å². The van der Waals surface area contributed by atoms with Gasteiger partial charge in [0.2, 0.25) is 5.91 Å². The molecule has 0 spiro atoms. The third kappa shape index (κ3) is 11.6. The summed E-state index contributed by atoms with van der Waals surface area (Å²) in [6, 6.07) is 17.8. The molecule has 4 atom stereocenters. The van der Waals surface area contributed by atoms with Crippen LogP contribution in [0, 0.1) is 11.3 Å². The van der Waals surface area contributed by atoms with Crippen molar-refractivity contribution in [3.05, 3.63) is 71.8 Å². The van der Waals surface area contributed by atoms with E-state index >= 15 is 0 Å². The highest BCUT2D eigenvalue weighted by molar-refractivity contribution is 5.88. The summed E-state index contributed by atoms with van der Waals surface area (Å²) in [7, 11) is 0. The fourth-order valence-corrected chi connectivity index (χ4v) is 4.54. The normalized spacial score (nSPS) is 15.1. The fourth-order valence-electron chi connectivity index (χ4n) is 4.54. The van der Waals surface area contributed by atoms with Crippen LogP contribution in [0.25, 0.3) is 0 Å². The van der Waals surface area contributed by atoms with Gasteiger partial charge in [0.15, 0.2) is 5.78 Å². The maximum atomic E-state index is 14.0. The monoisotopic (exact) mass is 539 g/mol. The second-order valence-corrected chi connectivity index (χ2v) is 12.2. The van der Waals surface area contributed by atoms with Crippen LogP contribution in [-0.4, -0.2) is 53.2 Å². The van der Waals surface area contributed by atoms with E-state index in [2.05, 4.69) is 10.6 Å². The Morgan fingerprint density at radius 3 is 1.85 bits per heavy atom. The van der Waals surface area contributed by atoms with Gasteiger partial charge in [-0.25, -0.2) is 4.79 Å². The molecule has 39 heavy (non-hydrogen) atoms. The average molecular weight is 540 g/mol. The van der Waals surface area contributed by atoms with Crippen molar-refractivity contribution in [3.63, 3.8) is 0 Å². The molecule has 214 valence electrons. The highest BCUT2D eigenvalue weighted by atomic mass is 16.6. The first-order chi connectivity index (χ1) is 18.2. The highest BCUT2D eigenvalue weighted by Gasteiger charge is 2.37. The molecule has 0 saturated carbocycles. The number of alkyl carbamates (subject to hydrolysis) is 1. The molecule has 3 unspecified atom stereocenters. The minimum Gasteiger partial charge on any atom is -0.444 e. The highest BCUT2D eigenvalue weighted by Crippen LogP contribution is 2.27. The predicted molar refractivity (Wildman–Crippen MR) is 153 cm³/mol. The van der Waals surface area contributed by atoms with E-state index in [1.54, 1.807) is 20.8 Å². The van der Waals surface area contributed by atoms with Gasteiger partial charge in [-0.05, 0) is 56.6 Å². The first-order valence-electron chi connectivity index (χ1n) is 13.5. The number of nitrogens with one attached hydrogen (secondary N) is 2. The molecule has 2 aromatic rings. The average Bonchev–Trinajstić information content (AvgIpc) is 2.82. The lowest BCUT2D eigenvalue weighted by atomic mass is 9.76. The van der Waals surface area contributed by atoms with Gasteiger partial charge in [-0.15, -0.1) is 0 Å². The molecule has 0 bridgehead atoms. The van der Waals surface area contributed by atoms with Crippen molar-refractivity contribution in [2.24, 2.45) is 17.1 Å². The summed E-state index contributed by atoms with van der Waals surface area (Å²) in [5.74, 6) is -1.27. The lowest BCUT2D eigenvalue weighted by Crippen LogP contribution is -2.53. The van der Waals surface area contributed by atoms with Crippen LogP contribution in [0.5, 0.6) is 0 Å². The zero-order valence-corrected chi connectivity index (χ0v) is 24.1. The molecule has 0 aliphatic heterocycles. The van der Waals surface area contributed by atoms with E-state index in [1.165, 1.54) is 0 Å². The molecule has 2 rings (SSSR count). The molecule has 0 aliphatic carbocycles. The number of rotatable bonds is 13. The fraction of sp³-hybridized carbons (Fsp3) is 0.516. The number of ether oxygens (including phenoxy) is 1. The molecule has 8 nitrogen and oxygen atoms in total. The summed E-state index contributed by atoms with van der Waals surface area (Å²) in [6.07, 6.45) is -0.829. The van der Waals surface area contributed by atoms with Crippen molar-refractivity contribution in [1.29, 1.82) is 0 Å². The number of hydrogen-bond acceptors (Lipinski definition) is 6.